The number of hydrogen-bond acceptors (Lipinski definition) is 2. The summed E-state index contributed by atoms with van der Waals surface area (Å²) in [4.78, 5) is 2.13. The molecule has 0 bridgehead atoms. The minimum Gasteiger partial charge on any atom is -0.329 e. The van der Waals surface area contributed by atoms with Gasteiger partial charge in [0.1, 0.15) is 0 Å². The van der Waals surface area contributed by atoms with Gasteiger partial charge in [0.15, 0.2) is 0 Å². The Bertz CT molecular complexity index is 355. The van der Waals surface area contributed by atoms with Crippen LogP contribution in [0.2, 0.25) is 0 Å². The third-order valence-electron chi connectivity index (χ3n) is 3.10. The molecule has 0 aliphatic carbocycles. The van der Waals surface area contributed by atoms with E-state index in [1.165, 1.54) is 12.1 Å². The number of likely N-dealkylation sites (N-methyl/N-ethyl adjacent to an activating group) is 1. The lowest BCUT2D eigenvalue weighted by Gasteiger charge is -2.29. The number of benzene rings is 1. The Morgan fingerprint density at radius 1 is 1.11 bits per heavy atom. The van der Waals surface area contributed by atoms with Crippen LogP contribution in [0.5, 0.6) is 0 Å². The third-order valence-corrected chi connectivity index (χ3v) is 3.10. The monoisotopic (exact) mass is 260 g/mol. The highest BCUT2D eigenvalue weighted by Crippen LogP contribution is 2.30. The van der Waals surface area contributed by atoms with E-state index in [1.54, 1.807) is 0 Å². The van der Waals surface area contributed by atoms with Crippen LogP contribution >= 0.6 is 0 Å². The van der Waals surface area contributed by atoms with Crippen molar-refractivity contribution < 1.29 is 13.2 Å². The van der Waals surface area contributed by atoms with Gasteiger partial charge < -0.3 is 5.73 Å². The zero-order valence-electron chi connectivity index (χ0n) is 10.7. The minimum atomic E-state index is -4.29. The number of halogens is 3. The molecule has 5 heteroatoms. The average Bonchev–Trinajstić information content (AvgIpc) is 2.35. The Kier molecular flexibility index (Phi) is 5.16. The van der Waals surface area contributed by atoms with Crippen molar-refractivity contribution in [2.45, 2.75) is 26.1 Å². The maximum absolute atomic E-state index is 12.5. The molecular formula is C13H19F3N2. The second-order valence-electron chi connectivity index (χ2n) is 4.09. The van der Waals surface area contributed by atoms with Crippen LogP contribution < -0.4 is 5.73 Å². The van der Waals surface area contributed by atoms with Crippen molar-refractivity contribution in [3.63, 3.8) is 0 Å². The van der Waals surface area contributed by atoms with Crippen molar-refractivity contribution in [1.82, 2.24) is 4.90 Å². The van der Waals surface area contributed by atoms with Crippen LogP contribution in [-0.2, 0) is 6.18 Å². The molecule has 1 atom stereocenters. The summed E-state index contributed by atoms with van der Waals surface area (Å²) in [5, 5.41) is 0. The second kappa shape index (κ2) is 6.20. The first-order chi connectivity index (χ1) is 8.43. The molecule has 0 saturated carbocycles. The van der Waals surface area contributed by atoms with E-state index >= 15 is 0 Å². The number of alkyl halides is 3. The van der Waals surface area contributed by atoms with Crippen molar-refractivity contribution in [3.05, 3.63) is 35.4 Å². The minimum absolute atomic E-state index is 0.0257. The van der Waals surface area contributed by atoms with Gasteiger partial charge in [-0.25, -0.2) is 0 Å². The van der Waals surface area contributed by atoms with E-state index in [4.69, 9.17) is 5.73 Å². The van der Waals surface area contributed by atoms with Gasteiger partial charge >= 0.3 is 6.18 Å². The molecule has 0 radical (unpaired) electrons. The van der Waals surface area contributed by atoms with Crippen LogP contribution in [0.25, 0.3) is 0 Å². The first-order valence-corrected chi connectivity index (χ1v) is 6.05. The molecule has 2 nitrogen and oxygen atoms in total. The lowest BCUT2D eigenvalue weighted by atomic mass is 10.0. The highest BCUT2D eigenvalue weighted by atomic mass is 19.4. The van der Waals surface area contributed by atoms with Crippen molar-refractivity contribution in [2.75, 3.05) is 19.6 Å². The van der Waals surface area contributed by atoms with Gasteiger partial charge in [-0.15, -0.1) is 0 Å². The van der Waals surface area contributed by atoms with Crippen molar-refractivity contribution in [2.24, 2.45) is 5.73 Å². The molecule has 0 aliphatic heterocycles. The zero-order chi connectivity index (χ0) is 13.8. The molecule has 1 aromatic carbocycles. The quantitative estimate of drug-likeness (QED) is 0.881. The van der Waals surface area contributed by atoms with Gasteiger partial charge in [0, 0.05) is 12.6 Å². The molecule has 0 unspecified atom stereocenters. The molecule has 1 aromatic rings. The largest absolute Gasteiger partial charge is 0.416 e. The molecule has 0 spiro atoms. The van der Waals surface area contributed by atoms with Gasteiger partial charge in [-0.2, -0.15) is 13.2 Å². The molecule has 0 saturated heterocycles. The standard InChI is InChI=1S/C13H19F3N2/c1-3-18(4-2)12(9-17)10-5-7-11(8-6-10)13(14,15)16/h5-8,12H,3-4,9,17H2,1-2H3/t12-/m0/s1. The second-order valence-corrected chi connectivity index (χ2v) is 4.09. The summed E-state index contributed by atoms with van der Waals surface area (Å²) in [6, 6.07) is 5.22. The normalized spacial score (nSPS) is 13.9. The maximum Gasteiger partial charge on any atom is 0.416 e. The predicted octanol–water partition coefficient (Wildman–Crippen LogP) is 3.05. The van der Waals surface area contributed by atoms with E-state index in [2.05, 4.69) is 4.90 Å². The summed E-state index contributed by atoms with van der Waals surface area (Å²) in [7, 11) is 0. The summed E-state index contributed by atoms with van der Waals surface area (Å²) in [6.07, 6.45) is -4.29. The van der Waals surface area contributed by atoms with Gasteiger partial charge in [0.2, 0.25) is 0 Å². The molecule has 0 fully saturated rings. The summed E-state index contributed by atoms with van der Waals surface area (Å²) >= 11 is 0. The molecule has 0 aromatic heterocycles. The Hall–Kier alpha value is -1.07. The first-order valence-electron chi connectivity index (χ1n) is 6.05. The average molecular weight is 260 g/mol. The van der Waals surface area contributed by atoms with E-state index in [0.717, 1.165) is 30.8 Å². The van der Waals surface area contributed by atoms with E-state index in [9.17, 15) is 13.2 Å². The topological polar surface area (TPSA) is 29.3 Å². The van der Waals surface area contributed by atoms with Crippen molar-refractivity contribution >= 4 is 0 Å². The molecule has 2 N–H and O–H groups in total. The lowest BCUT2D eigenvalue weighted by molar-refractivity contribution is -0.137. The molecule has 0 aliphatic rings. The number of hydrogen-bond donors (Lipinski definition) is 1. The number of nitrogens with two attached hydrogens (primary N) is 1. The van der Waals surface area contributed by atoms with Gasteiger partial charge in [0.25, 0.3) is 0 Å². The van der Waals surface area contributed by atoms with E-state index < -0.39 is 11.7 Å². The zero-order valence-corrected chi connectivity index (χ0v) is 10.7. The van der Waals surface area contributed by atoms with Crippen LogP contribution in [0.4, 0.5) is 13.2 Å². The first kappa shape index (κ1) is 15.0. The smallest absolute Gasteiger partial charge is 0.329 e. The van der Waals surface area contributed by atoms with E-state index in [-0.39, 0.29) is 6.04 Å². The Balaban J connectivity index is 2.95. The highest BCUT2D eigenvalue weighted by molar-refractivity contribution is 5.27. The van der Waals surface area contributed by atoms with Crippen LogP contribution in [0.3, 0.4) is 0 Å². The van der Waals surface area contributed by atoms with E-state index in [0.29, 0.717) is 6.54 Å². The number of rotatable bonds is 5. The Labute approximate surface area is 106 Å². The summed E-state index contributed by atoms with van der Waals surface area (Å²) < 4.78 is 37.4. The fourth-order valence-electron chi connectivity index (χ4n) is 2.05. The SMILES string of the molecule is CCN(CC)[C@@H](CN)c1ccc(C(F)(F)F)cc1. The predicted molar refractivity (Wildman–Crippen MR) is 66.2 cm³/mol. The Morgan fingerprint density at radius 2 is 1.61 bits per heavy atom. The third kappa shape index (κ3) is 3.46. The maximum atomic E-state index is 12.5. The number of nitrogens with zero attached hydrogens (tertiary/aromatic N) is 1. The highest BCUT2D eigenvalue weighted by Gasteiger charge is 2.30. The molecule has 102 valence electrons. The fourth-order valence-corrected chi connectivity index (χ4v) is 2.05. The van der Waals surface area contributed by atoms with E-state index in [1.807, 2.05) is 13.8 Å². The van der Waals surface area contributed by atoms with Gasteiger partial charge in [-0.05, 0) is 30.8 Å². The molecule has 1 rings (SSSR count). The van der Waals surface area contributed by atoms with Gasteiger partial charge in [-0.3, -0.25) is 4.90 Å². The van der Waals surface area contributed by atoms with Crippen LogP contribution in [0.1, 0.15) is 31.0 Å². The fraction of sp³-hybridized carbons (Fsp3) is 0.538. The summed E-state index contributed by atoms with van der Waals surface area (Å²) in [5.74, 6) is 0. The van der Waals surface area contributed by atoms with Crippen LogP contribution in [0.15, 0.2) is 24.3 Å². The van der Waals surface area contributed by atoms with Crippen molar-refractivity contribution in [1.29, 1.82) is 0 Å². The van der Waals surface area contributed by atoms with Crippen molar-refractivity contribution in [3.8, 4) is 0 Å². The van der Waals surface area contributed by atoms with Gasteiger partial charge in [0.05, 0.1) is 5.56 Å². The lowest BCUT2D eigenvalue weighted by Crippen LogP contribution is -2.33. The van der Waals surface area contributed by atoms with Crippen LogP contribution in [-0.4, -0.2) is 24.5 Å². The molecular weight excluding hydrogens is 241 g/mol. The molecule has 18 heavy (non-hydrogen) atoms. The van der Waals surface area contributed by atoms with Crippen LogP contribution in [0, 0.1) is 0 Å². The Morgan fingerprint density at radius 3 is 1.94 bits per heavy atom. The molecule has 0 amide bonds. The molecule has 0 heterocycles. The summed E-state index contributed by atoms with van der Waals surface area (Å²) in [5.41, 5.74) is 5.92. The summed E-state index contributed by atoms with van der Waals surface area (Å²) in [6.45, 7) is 6.05. The van der Waals surface area contributed by atoms with Gasteiger partial charge in [-0.1, -0.05) is 26.0 Å².